The maximum absolute atomic E-state index is 12.3. The van der Waals surface area contributed by atoms with E-state index >= 15 is 0 Å². The van der Waals surface area contributed by atoms with Gasteiger partial charge in [0, 0.05) is 31.3 Å². The molecule has 0 bridgehead atoms. The van der Waals surface area contributed by atoms with E-state index in [0.717, 1.165) is 5.56 Å². The van der Waals surface area contributed by atoms with E-state index in [2.05, 4.69) is 22.5 Å². The summed E-state index contributed by atoms with van der Waals surface area (Å²) >= 11 is 11.7. The van der Waals surface area contributed by atoms with Crippen molar-refractivity contribution in [2.75, 3.05) is 19.7 Å². The average Bonchev–Trinajstić information content (AvgIpc) is 2.80. The normalized spacial score (nSPS) is 17.9. The standard InChI is InChI=1S/C22H23Cl2N3O5/c1-14(9-10-25-20(28)13-30-16-7-8-17(23)18(24)11-16)27-21(29)19-12-26-22(32-31-19)15-5-3-2-4-6-15/h2-8,11,19,22,26H,1,9-10,12-13H2,(H,25,28)(H,27,29). The summed E-state index contributed by atoms with van der Waals surface area (Å²) in [5.74, 6) is -0.275. The van der Waals surface area contributed by atoms with Crippen molar-refractivity contribution < 1.29 is 24.1 Å². The quantitative estimate of drug-likeness (QED) is 0.478. The maximum atomic E-state index is 12.3. The molecule has 0 saturated carbocycles. The van der Waals surface area contributed by atoms with Crippen LogP contribution in [0.15, 0.2) is 60.8 Å². The molecule has 2 aromatic rings. The summed E-state index contributed by atoms with van der Waals surface area (Å²) in [6.07, 6.45) is -0.913. The van der Waals surface area contributed by atoms with Crippen LogP contribution in [0.4, 0.5) is 0 Å². The molecule has 3 N–H and O–H groups in total. The Bertz CT molecular complexity index is 950. The fourth-order valence-electron chi connectivity index (χ4n) is 2.78. The van der Waals surface area contributed by atoms with Gasteiger partial charge in [-0.2, -0.15) is 0 Å². The Balaban J connectivity index is 1.31. The first-order valence-electron chi connectivity index (χ1n) is 9.86. The zero-order valence-corrected chi connectivity index (χ0v) is 18.6. The minimum Gasteiger partial charge on any atom is -0.484 e. The summed E-state index contributed by atoms with van der Waals surface area (Å²) in [7, 11) is 0. The zero-order chi connectivity index (χ0) is 22.9. The minimum absolute atomic E-state index is 0.182. The lowest BCUT2D eigenvalue weighted by Gasteiger charge is -2.28. The topological polar surface area (TPSA) is 97.9 Å². The van der Waals surface area contributed by atoms with Crippen LogP contribution in [0.5, 0.6) is 5.75 Å². The Hall–Kier alpha value is -2.62. The van der Waals surface area contributed by atoms with Crippen LogP contribution >= 0.6 is 23.2 Å². The molecule has 3 rings (SSSR count). The SMILES string of the molecule is C=C(CCNC(=O)COc1ccc(Cl)c(Cl)c1)NC(=O)C1CNC(c2ccccc2)OO1. The Morgan fingerprint density at radius 2 is 1.91 bits per heavy atom. The molecule has 0 aliphatic carbocycles. The molecule has 8 nitrogen and oxygen atoms in total. The van der Waals surface area contributed by atoms with E-state index in [-0.39, 0.29) is 31.5 Å². The maximum Gasteiger partial charge on any atom is 0.257 e. The van der Waals surface area contributed by atoms with E-state index < -0.39 is 12.3 Å². The van der Waals surface area contributed by atoms with Gasteiger partial charge in [-0.25, -0.2) is 9.78 Å². The zero-order valence-electron chi connectivity index (χ0n) is 17.1. The first-order chi connectivity index (χ1) is 15.4. The van der Waals surface area contributed by atoms with E-state index in [1.165, 1.54) is 6.07 Å². The van der Waals surface area contributed by atoms with Crippen molar-refractivity contribution in [2.24, 2.45) is 0 Å². The Morgan fingerprint density at radius 3 is 2.59 bits per heavy atom. The van der Waals surface area contributed by atoms with Crippen LogP contribution in [0.1, 0.15) is 18.2 Å². The summed E-state index contributed by atoms with van der Waals surface area (Å²) in [6.45, 7) is 4.18. The number of benzene rings is 2. The molecule has 10 heteroatoms. The molecular formula is C22H23Cl2N3O5. The highest BCUT2D eigenvalue weighted by Gasteiger charge is 2.29. The van der Waals surface area contributed by atoms with Crippen molar-refractivity contribution in [1.29, 1.82) is 0 Å². The highest BCUT2D eigenvalue weighted by Crippen LogP contribution is 2.26. The van der Waals surface area contributed by atoms with E-state index in [1.807, 2.05) is 30.3 Å². The summed E-state index contributed by atoms with van der Waals surface area (Å²) in [5.41, 5.74) is 1.34. The van der Waals surface area contributed by atoms with Gasteiger partial charge in [-0.05, 0) is 17.7 Å². The number of rotatable bonds is 9. The van der Waals surface area contributed by atoms with E-state index in [4.69, 9.17) is 37.7 Å². The van der Waals surface area contributed by atoms with Crippen molar-refractivity contribution in [2.45, 2.75) is 18.8 Å². The number of amides is 2. The Labute approximate surface area is 195 Å². The van der Waals surface area contributed by atoms with Gasteiger partial charge in [0.2, 0.25) is 0 Å². The van der Waals surface area contributed by atoms with Gasteiger partial charge in [-0.15, -0.1) is 0 Å². The molecule has 0 spiro atoms. The Kier molecular flexibility index (Phi) is 8.90. The smallest absolute Gasteiger partial charge is 0.257 e. The van der Waals surface area contributed by atoms with Crippen LogP contribution in [0.2, 0.25) is 10.0 Å². The molecule has 170 valence electrons. The number of hydrogen-bond donors (Lipinski definition) is 3. The van der Waals surface area contributed by atoms with Gasteiger partial charge in [-0.1, -0.05) is 60.1 Å². The minimum atomic E-state index is -0.819. The number of ether oxygens (including phenoxy) is 1. The number of halogens is 2. The van der Waals surface area contributed by atoms with Crippen LogP contribution in [-0.4, -0.2) is 37.6 Å². The molecule has 2 unspecified atom stereocenters. The lowest BCUT2D eigenvalue weighted by atomic mass is 10.2. The molecule has 2 aromatic carbocycles. The molecule has 2 atom stereocenters. The average molecular weight is 480 g/mol. The molecule has 1 heterocycles. The molecular weight excluding hydrogens is 457 g/mol. The largest absolute Gasteiger partial charge is 0.484 e. The van der Waals surface area contributed by atoms with Gasteiger partial charge in [0.15, 0.2) is 18.9 Å². The van der Waals surface area contributed by atoms with E-state index in [1.54, 1.807) is 12.1 Å². The third-order valence-corrected chi connectivity index (χ3v) is 5.20. The molecule has 0 radical (unpaired) electrons. The second kappa shape index (κ2) is 11.8. The highest BCUT2D eigenvalue weighted by molar-refractivity contribution is 6.42. The molecule has 1 fully saturated rings. The van der Waals surface area contributed by atoms with Crippen molar-refractivity contribution in [3.8, 4) is 5.75 Å². The lowest BCUT2D eigenvalue weighted by molar-refractivity contribution is -0.371. The van der Waals surface area contributed by atoms with Crippen LogP contribution in [0.25, 0.3) is 0 Å². The van der Waals surface area contributed by atoms with Crippen LogP contribution in [0.3, 0.4) is 0 Å². The van der Waals surface area contributed by atoms with Gasteiger partial charge >= 0.3 is 0 Å². The molecule has 1 aliphatic rings. The number of carbonyl (C=O) groups is 2. The summed E-state index contributed by atoms with van der Waals surface area (Å²) in [4.78, 5) is 34.7. The molecule has 32 heavy (non-hydrogen) atoms. The van der Waals surface area contributed by atoms with E-state index in [9.17, 15) is 9.59 Å². The fraction of sp³-hybridized carbons (Fsp3) is 0.273. The van der Waals surface area contributed by atoms with E-state index in [0.29, 0.717) is 27.9 Å². The Morgan fingerprint density at radius 1 is 1.12 bits per heavy atom. The summed E-state index contributed by atoms with van der Waals surface area (Å²) < 4.78 is 5.36. The van der Waals surface area contributed by atoms with Crippen molar-refractivity contribution in [1.82, 2.24) is 16.0 Å². The summed E-state index contributed by atoms with van der Waals surface area (Å²) in [6, 6.07) is 14.2. The molecule has 1 aliphatic heterocycles. The van der Waals surface area contributed by atoms with Crippen molar-refractivity contribution in [3.05, 3.63) is 76.4 Å². The first kappa shape index (κ1) is 24.0. The third kappa shape index (κ3) is 7.22. The molecule has 0 aromatic heterocycles. The van der Waals surface area contributed by atoms with Gasteiger partial charge in [0.05, 0.1) is 10.0 Å². The molecule has 2 amide bonds. The summed E-state index contributed by atoms with van der Waals surface area (Å²) in [5, 5.41) is 9.20. The van der Waals surface area contributed by atoms with Crippen molar-refractivity contribution in [3.63, 3.8) is 0 Å². The third-order valence-electron chi connectivity index (χ3n) is 4.46. The first-order valence-corrected chi connectivity index (χ1v) is 10.6. The number of hydrogen-bond acceptors (Lipinski definition) is 6. The number of carbonyl (C=O) groups excluding carboxylic acids is 2. The predicted octanol–water partition coefficient (Wildman–Crippen LogP) is 3.13. The highest BCUT2D eigenvalue weighted by atomic mass is 35.5. The van der Waals surface area contributed by atoms with Crippen LogP contribution in [0, 0.1) is 0 Å². The monoisotopic (exact) mass is 479 g/mol. The van der Waals surface area contributed by atoms with Gasteiger partial charge in [0.25, 0.3) is 11.8 Å². The van der Waals surface area contributed by atoms with Gasteiger partial charge in [-0.3, -0.25) is 14.9 Å². The number of nitrogens with one attached hydrogen (secondary N) is 3. The van der Waals surface area contributed by atoms with Crippen molar-refractivity contribution >= 4 is 35.0 Å². The lowest BCUT2D eigenvalue weighted by Crippen LogP contribution is -2.48. The fourth-order valence-corrected chi connectivity index (χ4v) is 3.07. The second-order valence-electron chi connectivity index (χ2n) is 6.94. The second-order valence-corrected chi connectivity index (χ2v) is 7.75. The predicted molar refractivity (Wildman–Crippen MR) is 120 cm³/mol. The van der Waals surface area contributed by atoms with Gasteiger partial charge < -0.3 is 15.4 Å². The molecule has 1 saturated heterocycles. The van der Waals surface area contributed by atoms with Crippen LogP contribution < -0.4 is 20.7 Å². The van der Waals surface area contributed by atoms with Crippen LogP contribution in [-0.2, 0) is 19.4 Å². The van der Waals surface area contributed by atoms with Gasteiger partial charge in [0.1, 0.15) is 5.75 Å².